The van der Waals surface area contributed by atoms with E-state index in [9.17, 15) is 0 Å². The summed E-state index contributed by atoms with van der Waals surface area (Å²) in [6.07, 6.45) is 7.35. The summed E-state index contributed by atoms with van der Waals surface area (Å²) in [4.78, 5) is 0. The fraction of sp³-hybridized carbons (Fsp3) is 0.500. The van der Waals surface area contributed by atoms with Crippen LogP contribution in [-0.2, 0) is 11.2 Å². The Kier molecular flexibility index (Phi) is 3.77. The SMILES string of the molecule is C1=C(COC2CCCc3ccccc32)CCNC1. The first kappa shape index (κ1) is 11.9. The monoisotopic (exact) mass is 243 g/mol. The van der Waals surface area contributed by atoms with E-state index in [1.807, 2.05) is 0 Å². The molecule has 1 aliphatic heterocycles. The molecule has 2 heteroatoms. The predicted octanol–water partition coefficient (Wildman–Crippen LogP) is 3.00. The van der Waals surface area contributed by atoms with E-state index < -0.39 is 0 Å². The average Bonchev–Trinajstić information content (AvgIpc) is 2.46. The summed E-state index contributed by atoms with van der Waals surface area (Å²) < 4.78 is 6.15. The number of ether oxygens (including phenoxy) is 1. The smallest absolute Gasteiger partial charge is 0.0832 e. The third-order valence-corrected chi connectivity index (χ3v) is 3.94. The summed E-state index contributed by atoms with van der Waals surface area (Å²) in [5, 5.41) is 3.34. The molecule has 0 radical (unpaired) electrons. The van der Waals surface area contributed by atoms with Gasteiger partial charge in [-0.2, -0.15) is 0 Å². The number of benzene rings is 1. The van der Waals surface area contributed by atoms with E-state index in [0.29, 0.717) is 6.10 Å². The zero-order valence-electron chi connectivity index (χ0n) is 10.8. The normalized spacial score (nSPS) is 23.3. The molecule has 1 aromatic rings. The Balaban J connectivity index is 1.65. The average molecular weight is 243 g/mol. The van der Waals surface area contributed by atoms with Gasteiger partial charge in [-0.05, 0) is 48.9 Å². The topological polar surface area (TPSA) is 21.3 Å². The quantitative estimate of drug-likeness (QED) is 0.824. The Bertz CT molecular complexity index is 438. The van der Waals surface area contributed by atoms with E-state index in [-0.39, 0.29) is 0 Å². The molecule has 1 aromatic carbocycles. The van der Waals surface area contributed by atoms with Gasteiger partial charge in [0.05, 0.1) is 12.7 Å². The van der Waals surface area contributed by atoms with Gasteiger partial charge in [-0.3, -0.25) is 0 Å². The van der Waals surface area contributed by atoms with Crippen LogP contribution in [0.2, 0.25) is 0 Å². The zero-order chi connectivity index (χ0) is 12.2. The highest BCUT2D eigenvalue weighted by Crippen LogP contribution is 2.32. The van der Waals surface area contributed by atoms with Crippen molar-refractivity contribution in [2.45, 2.75) is 31.8 Å². The van der Waals surface area contributed by atoms with Crippen LogP contribution >= 0.6 is 0 Å². The van der Waals surface area contributed by atoms with E-state index in [0.717, 1.165) is 26.1 Å². The van der Waals surface area contributed by atoms with Crippen LogP contribution in [0.25, 0.3) is 0 Å². The maximum Gasteiger partial charge on any atom is 0.0832 e. The van der Waals surface area contributed by atoms with Crippen LogP contribution in [0.4, 0.5) is 0 Å². The van der Waals surface area contributed by atoms with Gasteiger partial charge < -0.3 is 10.1 Å². The predicted molar refractivity (Wildman–Crippen MR) is 73.6 cm³/mol. The molecule has 1 unspecified atom stereocenters. The third-order valence-electron chi connectivity index (χ3n) is 3.94. The molecule has 0 bridgehead atoms. The Morgan fingerprint density at radius 2 is 2.17 bits per heavy atom. The van der Waals surface area contributed by atoms with Crippen molar-refractivity contribution < 1.29 is 4.74 Å². The van der Waals surface area contributed by atoms with Gasteiger partial charge in [-0.15, -0.1) is 0 Å². The lowest BCUT2D eigenvalue weighted by Gasteiger charge is -2.26. The van der Waals surface area contributed by atoms with Crippen LogP contribution in [-0.4, -0.2) is 19.7 Å². The molecule has 0 amide bonds. The van der Waals surface area contributed by atoms with Crippen molar-refractivity contribution in [3.63, 3.8) is 0 Å². The molecular formula is C16H21NO. The van der Waals surface area contributed by atoms with Gasteiger partial charge in [-0.25, -0.2) is 0 Å². The van der Waals surface area contributed by atoms with Crippen LogP contribution in [0, 0.1) is 0 Å². The van der Waals surface area contributed by atoms with Gasteiger partial charge in [0.15, 0.2) is 0 Å². The molecule has 96 valence electrons. The van der Waals surface area contributed by atoms with Gasteiger partial charge in [0, 0.05) is 6.54 Å². The lowest BCUT2D eigenvalue weighted by Crippen LogP contribution is -2.23. The van der Waals surface area contributed by atoms with E-state index in [2.05, 4.69) is 35.7 Å². The summed E-state index contributed by atoms with van der Waals surface area (Å²) >= 11 is 0. The standard InChI is InChI=1S/C16H21NO/c1-2-6-15-14(4-1)5-3-7-16(15)18-12-13-8-10-17-11-9-13/h1-2,4,6,8,16-17H,3,5,7,9-12H2. The maximum atomic E-state index is 6.15. The molecular weight excluding hydrogens is 222 g/mol. The van der Waals surface area contributed by atoms with Gasteiger partial charge >= 0.3 is 0 Å². The number of fused-ring (bicyclic) bond motifs is 1. The minimum absolute atomic E-state index is 0.311. The first-order valence-electron chi connectivity index (χ1n) is 7.01. The van der Waals surface area contributed by atoms with Crippen molar-refractivity contribution in [2.24, 2.45) is 0 Å². The van der Waals surface area contributed by atoms with Crippen molar-refractivity contribution in [3.05, 3.63) is 47.0 Å². The Hall–Kier alpha value is -1.12. The van der Waals surface area contributed by atoms with Crippen molar-refractivity contribution in [1.82, 2.24) is 5.32 Å². The second kappa shape index (κ2) is 5.68. The van der Waals surface area contributed by atoms with Crippen molar-refractivity contribution in [1.29, 1.82) is 0 Å². The van der Waals surface area contributed by atoms with Gasteiger partial charge in [-0.1, -0.05) is 30.3 Å². The van der Waals surface area contributed by atoms with Gasteiger partial charge in [0.25, 0.3) is 0 Å². The molecule has 0 aromatic heterocycles. The molecule has 1 N–H and O–H groups in total. The molecule has 3 rings (SSSR count). The summed E-state index contributed by atoms with van der Waals surface area (Å²) in [6.45, 7) is 2.90. The highest BCUT2D eigenvalue weighted by Gasteiger charge is 2.20. The first-order valence-corrected chi connectivity index (χ1v) is 7.01. The highest BCUT2D eigenvalue weighted by atomic mass is 16.5. The number of nitrogens with one attached hydrogen (secondary N) is 1. The van der Waals surface area contributed by atoms with Gasteiger partial charge in [0.2, 0.25) is 0 Å². The second-order valence-corrected chi connectivity index (χ2v) is 5.21. The lowest BCUT2D eigenvalue weighted by atomic mass is 9.89. The van der Waals surface area contributed by atoms with E-state index >= 15 is 0 Å². The second-order valence-electron chi connectivity index (χ2n) is 5.21. The summed E-state index contributed by atoms with van der Waals surface area (Å²) in [5.74, 6) is 0. The third kappa shape index (κ3) is 2.65. The summed E-state index contributed by atoms with van der Waals surface area (Å²) in [7, 11) is 0. The minimum atomic E-state index is 0.311. The van der Waals surface area contributed by atoms with E-state index in [1.165, 1.54) is 36.0 Å². The molecule has 0 fully saturated rings. The number of rotatable bonds is 3. The summed E-state index contributed by atoms with van der Waals surface area (Å²) in [6, 6.07) is 8.74. The number of aryl methyl sites for hydroxylation is 1. The zero-order valence-corrected chi connectivity index (χ0v) is 10.8. The summed E-state index contributed by atoms with van der Waals surface area (Å²) in [5.41, 5.74) is 4.35. The lowest BCUT2D eigenvalue weighted by molar-refractivity contribution is 0.0548. The van der Waals surface area contributed by atoms with Crippen LogP contribution in [0.5, 0.6) is 0 Å². The fourth-order valence-electron chi connectivity index (χ4n) is 2.89. The van der Waals surface area contributed by atoms with Crippen LogP contribution in [0.3, 0.4) is 0 Å². The van der Waals surface area contributed by atoms with Crippen LogP contribution in [0.1, 0.15) is 36.5 Å². The van der Waals surface area contributed by atoms with Crippen LogP contribution in [0.15, 0.2) is 35.9 Å². The highest BCUT2D eigenvalue weighted by molar-refractivity contribution is 5.31. The Morgan fingerprint density at radius 1 is 1.22 bits per heavy atom. The first-order chi connectivity index (χ1) is 8.93. The molecule has 1 aliphatic carbocycles. The fourth-order valence-corrected chi connectivity index (χ4v) is 2.89. The Morgan fingerprint density at radius 3 is 3.06 bits per heavy atom. The molecule has 1 atom stereocenters. The van der Waals surface area contributed by atoms with Crippen LogP contribution < -0.4 is 5.32 Å². The van der Waals surface area contributed by atoms with Gasteiger partial charge in [0.1, 0.15) is 0 Å². The number of hydrogen-bond donors (Lipinski definition) is 1. The van der Waals surface area contributed by atoms with Crippen molar-refractivity contribution in [2.75, 3.05) is 19.7 Å². The number of hydrogen-bond acceptors (Lipinski definition) is 2. The van der Waals surface area contributed by atoms with E-state index in [1.54, 1.807) is 0 Å². The molecule has 1 heterocycles. The van der Waals surface area contributed by atoms with E-state index in [4.69, 9.17) is 4.74 Å². The molecule has 2 aliphatic rings. The molecule has 18 heavy (non-hydrogen) atoms. The molecule has 0 saturated heterocycles. The minimum Gasteiger partial charge on any atom is -0.369 e. The largest absolute Gasteiger partial charge is 0.369 e. The molecule has 0 saturated carbocycles. The molecule has 0 spiro atoms. The Labute approximate surface area is 109 Å². The van der Waals surface area contributed by atoms with Crippen molar-refractivity contribution >= 4 is 0 Å². The maximum absolute atomic E-state index is 6.15. The van der Waals surface area contributed by atoms with Crippen molar-refractivity contribution in [3.8, 4) is 0 Å². The molecule has 2 nitrogen and oxygen atoms in total.